The fraction of sp³-hybridized carbons (Fsp3) is 1.00. The Labute approximate surface area is 108 Å². The molecule has 1 N–H and O–H groups in total. The van der Waals surface area contributed by atoms with Crippen molar-refractivity contribution < 1.29 is 4.74 Å². The van der Waals surface area contributed by atoms with Gasteiger partial charge in [-0.1, -0.05) is 51.9 Å². The molecular formula is C15H31NO. The smallest absolute Gasteiger partial charge is 0.108 e. The van der Waals surface area contributed by atoms with Crippen LogP contribution in [0.15, 0.2) is 0 Å². The molecule has 0 bridgehead atoms. The van der Waals surface area contributed by atoms with E-state index in [1.54, 1.807) is 0 Å². The lowest BCUT2D eigenvalue weighted by Gasteiger charge is -2.23. The average molecular weight is 241 g/mol. The largest absolute Gasteiger partial charge is 0.363 e. The van der Waals surface area contributed by atoms with Gasteiger partial charge in [-0.3, -0.25) is 5.32 Å². The zero-order valence-electron chi connectivity index (χ0n) is 11.7. The van der Waals surface area contributed by atoms with E-state index < -0.39 is 0 Å². The van der Waals surface area contributed by atoms with Crippen LogP contribution in [0.3, 0.4) is 0 Å². The van der Waals surface area contributed by atoms with Crippen molar-refractivity contribution in [2.45, 2.75) is 83.8 Å². The lowest BCUT2D eigenvalue weighted by molar-refractivity contribution is -0.00514. The van der Waals surface area contributed by atoms with Crippen LogP contribution >= 0.6 is 0 Å². The Morgan fingerprint density at radius 3 is 2.29 bits per heavy atom. The first kappa shape index (κ1) is 15.0. The number of nitrogens with one attached hydrogen (secondary N) is 1. The van der Waals surface area contributed by atoms with Gasteiger partial charge in [0.05, 0.1) is 0 Å². The SMILES string of the molecule is CCCCCCCCCCNC1CCCCO1. The fourth-order valence-electron chi connectivity index (χ4n) is 2.42. The minimum atomic E-state index is 0.355. The molecule has 1 rings (SSSR count). The highest BCUT2D eigenvalue weighted by Gasteiger charge is 2.11. The molecule has 1 heterocycles. The van der Waals surface area contributed by atoms with Gasteiger partial charge in [-0.25, -0.2) is 0 Å². The molecule has 2 heteroatoms. The van der Waals surface area contributed by atoms with E-state index in [4.69, 9.17) is 4.74 Å². The summed E-state index contributed by atoms with van der Waals surface area (Å²) in [5, 5.41) is 3.51. The number of ether oxygens (including phenoxy) is 1. The van der Waals surface area contributed by atoms with E-state index in [1.165, 1.54) is 70.6 Å². The third-order valence-electron chi connectivity index (χ3n) is 3.58. The normalized spacial score (nSPS) is 20.6. The van der Waals surface area contributed by atoms with Gasteiger partial charge in [0, 0.05) is 6.61 Å². The van der Waals surface area contributed by atoms with E-state index in [0.717, 1.165) is 13.2 Å². The quantitative estimate of drug-likeness (QED) is 0.578. The summed E-state index contributed by atoms with van der Waals surface area (Å²) >= 11 is 0. The van der Waals surface area contributed by atoms with Gasteiger partial charge in [-0.15, -0.1) is 0 Å². The Bertz CT molecular complexity index is 155. The van der Waals surface area contributed by atoms with Crippen LogP contribution in [-0.2, 0) is 4.74 Å². The van der Waals surface area contributed by atoms with Crippen LogP contribution in [0.4, 0.5) is 0 Å². The molecule has 17 heavy (non-hydrogen) atoms. The highest BCUT2D eigenvalue weighted by atomic mass is 16.5. The molecule has 0 radical (unpaired) electrons. The number of rotatable bonds is 10. The maximum Gasteiger partial charge on any atom is 0.108 e. The number of unbranched alkanes of at least 4 members (excludes halogenated alkanes) is 7. The third-order valence-corrected chi connectivity index (χ3v) is 3.58. The predicted molar refractivity (Wildman–Crippen MR) is 74.2 cm³/mol. The van der Waals surface area contributed by atoms with E-state index in [-0.39, 0.29) is 0 Å². The van der Waals surface area contributed by atoms with Crippen molar-refractivity contribution in [3.8, 4) is 0 Å². The predicted octanol–water partition coefficient (Wildman–Crippen LogP) is 4.24. The summed E-state index contributed by atoms with van der Waals surface area (Å²) in [6.45, 7) is 4.37. The second-order valence-electron chi connectivity index (χ2n) is 5.28. The average Bonchev–Trinajstić information content (AvgIpc) is 2.38. The highest BCUT2D eigenvalue weighted by Crippen LogP contribution is 2.11. The van der Waals surface area contributed by atoms with Gasteiger partial charge in [0.15, 0.2) is 0 Å². The topological polar surface area (TPSA) is 21.3 Å². The summed E-state index contributed by atoms with van der Waals surface area (Å²) in [5.74, 6) is 0. The van der Waals surface area contributed by atoms with Crippen molar-refractivity contribution in [1.29, 1.82) is 0 Å². The molecule has 0 spiro atoms. The van der Waals surface area contributed by atoms with Crippen molar-refractivity contribution in [1.82, 2.24) is 5.32 Å². The summed E-state index contributed by atoms with van der Waals surface area (Å²) in [6.07, 6.45) is 15.3. The Morgan fingerprint density at radius 1 is 0.941 bits per heavy atom. The Hall–Kier alpha value is -0.0800. The molecule has 0 aromatic rings. The molecule has 0 saturated carbocycles. The van der Waals surface area contributed by atoms with E-state index in [1.807, 2.05) is 0 Å². The standard InChI is InChI=1S/C15H31NO/c1-2-3-4-5-6-7-8-10-13-16-15-12-9-11-14-17-15/h15-16H,2-14H2,1H3. The molecule has 0 amide bonds. The van der Waals surface area contributed by atoms with Crippen LogP contribution in [0.1, 0.15) is 77.6 Å². The minimum Gasteiger partial charge on any atom is -0.363 e. The first-order chi connectivity index (χ1) is 8.43. The van der Waals surface area contributed by atoms with Gasteiger partial charge in [0.25, 0.3) is 0 Å². The maximum atomic E-state index is 5.64. The number of hydrogen-bond donors (Lipinski definition) is 1. The third kappa shape index (κ3) is 8.62. The minimum absolute atomic E-state index is 0.355. The van der Waals surface area contributed by atoms with Crippen LogP contribution in [0.25, 0.3) is 0 Å². The Morgan fingerprint density at radius 2 is 1.65 bits per heavy atom. The van der Waals surface area contributed by atoms with Crippen LogP contribution in [0.5, 0.6) is 0 Å². The lowest BCUT2D eigenvalue weighted by Crippen LogP contribution is -2.35. The summed E-state index contributed by atoms with van der Waals surface area (Å²) in [6, 6.07) is 0. The van der Waals surface area contributed by atoms with Crippen LogP contribution in [0.2, 0.25) is 0 Å². The van der Waals surface area contributed by atoms with E-state index >= 15 is 0 Å². The van der Waals surface area contributed by atoms with E-state index in [2.05, 4.69) is 12.2 Å². The first-order valence-corrected chi connectivity index (χ1v) is 7.78. The monoisotopic (exact) mass is 241 g/mol. The van der Waals surface area contributed by atoms with E-state index in [9.17, 15) is 0 Å². The molecule has 0 aromatic heterocycles. The summed E-state index contributed by atoms with van der Waals surface area (Å²) in [7, 11) is 0. The molecule has 1 fully saturated rings. The van der Waals surface area contributed by atoms with Gasteiger partial charge < -0.3 is 4.74 Å². The molecule has 1 aliphatic heterocycles. The molecule has 2 nitrogen and oxygen atoms in total. The lowest BCUT2D eigenvalue weighted by atomic mass is 10.1. The molecule has 1 saturated heterocycles. The van der Waals surface area contributed by atoms with Crippen molar-refractivity contribution in [3.63, 3.8) is 0 Å². The summed E-state index contributed by atoms with van der Waals surface area (Å²) in [4.78, 5) is 0. The second kappa shape index (κ2) is 11.0. The molecule has 0 aliphatic carbocycles. The molecular weight excluding hydrogens is 210 g/mol. The number of hydrogen-bond acceptors (Lipinski definition) is 2. The molecule has 1 atom stereocenters. The fourth-order valence-corrected chi connectivity index (χ4v) is 2.42. The van der Waals surface area contributed by atoms with Crippen LogP contribution in [-0.4, -0.2) is 19.4 Å². The summed E-state index contributed by atoms with van der Waals surface area (Å²) < 4.78 is 5.64. The van der Waals surface area contributed by atoms with Crippen molar-refractivity contribution in [3.05, 3.63) is 0 Å². The highest BCUT2D eigenvalue weighted by molar-refractivity contribution is 4.61. The van der Waals surface area contributed by atoms with Gasteiger partial charge in [-0.2, -0.15) is 0 Å². The first-order valence-electron chi connectivity index (χ1n) is 7.78. The molecule has 1 aliphatic rings. The van der Waals surface area contributed by atoms with Gasteiger partial charge in [0.1, 0.15) is 6.23 Å². The van der Waals surface area contributed by atoms with Gasteiger partial charge >= 0.3 is 0 Å². The van der Waals surface area contributed by atoms with Crippen LogP contribution in [0, 0.1) is 0 Å². The Balaban J connectivity index is 1.75. The van der Waals surface area contributed by atoms with Crippen molar-refractivity contribution >= 4 is 0 Å². The summed E-state index contributed by atoms with van der Waals surface area (Å²) in [5.41, 5.74) is 0. The molecule has 0 aromatic carbocycles. The zero-order valence-corrected chi connectivity index (χ0v) is 11.7. The maximum absolute atomic E-state index is 5.64. The molecule has 102 valence electrons. The van der Waals surface area contributed by atoms with Crippen LogP contribution < -0.4 is 5.32 Å². The Kier molecular flexibility index (Phi) is 9.72. The van der Waals surface area contributed by atoms with Crippen molar-refractivity contribution in [2.24, 2.45) is 0 Å². The second-order valence-corrected chi connectivity index (χ2v) is 5.28. The molecule has 1 unspecified atom stereocenters. The van der Waals surface area contributed by atoms with Crippen molar-refractivity contribution in [2.75, 3.05) is 13.2 Å². The van der Waals surface area contributed by atoms with Gasteiger partial charge in [-0.05, 0) is 32.2 Å². The zero-order chi connectivity index (χ0) is 12.2. The van der Waals surface area contributed by atoms with Gasteiger partial charge in [0.2, 0.25) is 0 Å². The van der Waals surface area contributed by atoms with E-state index in [0.29, 0.717) is 6.23 Å².